The molecule has 8 heteroatoms. The summed E-state index contributed by atoms with van der Waals surface area (Å²) in [6, 6.07) is 3.67. The lowest BCUT2D eigenvalue weighted by Crippen LogP contribution is -2.23. The molecule has 1 atom stereocenters. The Balaban J connectivity index is 2.10. The maximum Gasteiger partial charge on any atom is 0.352 e. The number of hydrogen-bond donors (Lipinski definition) is 2. The summed E-state index contributed by atoms with van der Waals surface area (Å²) in [7, 11) is 0. The van der Waals surface area contributed by atoms with Crippen molar-refractivity contribution in [2.45, 2.75) is 11.2 Å². The summed E-state index contributed by atoms with van der Waals surface area (Å²) in [4.78, 5) is 16.5. The summed E-state index contributed by atoms with van der Waals surface area (Å²) >= 11 is 2.98. The van der Waals surface area contributed by atoms with Gasteiger partial charge in [0.25, 0.3) is 0 Å². The molecule has 3 rings (SSSR count). The standard InChI is InChI=1S/C11H10N4O2S2/c1-18-11-13-10-12-6(9(16)17)5-7(15(10)14-11)8-3-2-4-19-8/h2-5,7H,1H3,(H,16,17)(H,12,13,14). The molecule has 0 saturated heterocycles. The van der Waals surface area contributed by atoms with Crippen LogP contribution in [0.5, 0.6) is 0 Å². The second-order valence-electron chi connectivity index (χ2n) is 3.84. The minimum absolute atomic E-state index is 0.131. The van der Waals surface area contributed by atoms with Gasteiger partial charge in [-0.1, -0.05) is 17.8 Å². The fourth-order valence-corrected chi connectivity index (χ4v) is 2.97. The Morgan fingerprint density at radius 3 is 3.11 bits per heavy atom. The van der Waals surface area contributed by atoms with Gasteiger partial charge in [0.2, 0.25) is 11.1 Å². The Kier molecular flexibility index (Phi) is 3.03. The topological polar surface area (TPSA) is 80.0 Å². The zero-order valence-electron chi connectivity index (χ0n) is 9.90. The van der Waals surface area contributed by atoms with E-state index in [1.54, 1.807) is 22.1 Å². The molecule has 6 nitrogen and oxygen atoms in total. The van der Waals surface area contributed by atoms with Crippen LogP contribution >= 0.6 is 23.1 Å². The van der Waals surface area contributed by atoms with Gasteiger partial charge in [-0.15, -0.1) is 16.4 Å². The maximum atomic E-state index is 11.2. The summed E-state index contributed by atoms with van der Waals surface area (Å²) in [5.74, 6) is -0.538. The lowest BCUT2D eigenvalue weighted by Gasteiger charge is -2.20. The zero-order chi connectivity index (χ0) is 13.4. The lowest BCUT2D eigenvalue weighted by molar-refractivity contribution is -0.132. The number of carboxylic acid groups (broad SMARTS) is 1. The molecule has 19 heavy (non-hydrogen) atoms. The molecular weight excluding hydrogens is 284 g/mol. The molecule has 2 aromatic rings. The van der Waals surface area contributed by atoms with Crippen LogP contribution in [-0.2, 0) is 4.79 Å². The first-order valence-corrected chi connectivity index (χ1v) is 7.55. The number of carboxylic acids is 1. The number of rotatable bonds is 3. The minimum atomic E-state index is -0.999. The van der Waals surface area contributed by atoms with Gasteiger partial charge in [0.15, 0.2) is 0 Å². The molecule has 0 saturated carbocycles. The highest BCUT2D eigenvalue weighted by Crippen LogP contribution is 2.32. The molecule has 3 heterocycles. The fraction of sp³-hybridized carbons (Fsp3) is 0.182. The minimum Gasteiger partial charge on any atom is -0.477 e. The summed E-state index contributed by atoms with van der Waals surface area (Å²) < 4.78 is 1.71. The number of nitrogens with one attached hydrogen (secondary N) is 1. The molecule has 1 aliphatic heterocycles. The Labute approximate surface area is 117 Å². The van der Waals surface area contributed by atoms with E-state index in [-0.39, 0.29) is 11.7 Å². The highest BCUT2D eigenvalue weighted by atomic mass is 32.2. The molecule has 1 aliphatic rings. The SMILES string of the molecule is CSc1nc2n(n1)C(c1cccs1)C=C(C(=O)O)N2. The molecule has 98 valence electrons. The second-order valence-corrected chi connectivity index (χ2v) is 5.59. The van der Waals surface area contributed by atoms with Crippen molar-refractivity contribution in [3.05, 3.63) is 34.2 Å². The number of aliphatic carboxylic acids is 1. The van der Waals surface area contributed by atoms with E-state index in [4.69, 9.17) is 5.11 Å². The van der Waals surface area contributed by atoms with Crippen molar-refractivity contribution in [3.63, 3.8) is 0 Å². The van der Waals surface area contributed by atoms with Crippen LogP contribution in [0.15, 0.2) is 34.4 Å². The zero-order valence-corrected chi connectivity index (χ0v) is 11.5. The van der Waals surface area contributed by atoms with Gasteiger partial charge in [0.05, 0.1) is 0 Å². The molecule has 0 aliphatic carbocycles. The Bertz CT molecular complexity index is 648. The normalized spacial score (nSPS) is 17.5. The largest absolute Gasteiger partial charge is 0.477 e. The first kappa shape index (κ1) is 12.2. The van der Waals surface area contributed by atoms with Gasteiger partial charge in [0.1, 0.15) is 11.7 Å². The van der Waals surface area contributed by atoms with Crippen LogP contribution in [-0.4, -0.2) is 32.1 Å². The highest BCUT2D eigenvalue weighted by Gasteiger charge is 2.27. The molecule has 2 aromatic heterocycles. The number of hydrogen-bond acceptors (Lipinski definition) is 6. The summed E-state index contributed by atoms with van der Waals surface area (Å²) in [6.45, 7) is 0. The molecule has 0 spiro atoms. The summed E-state index contributed by atoms with van der Waals surface area (Å²) in [6.07, 6.45) is 3.53. The molecule has 0 bridgehead atoms. The number of fused-ring (bicyclic) bond motifs is 1. The molecule has 0 fully saturated rings. The van der Waals surface area contributed by atoms with E-state index in [0.29, 0.717) is 11.1 Å². The van der Waals surface area contributed by atoms with Crippen LogP contribution in [0.1, 0.15) is 10.9 Å². The van der Waals surface area contributed by atoms with E-state index < -0.39 is 5.97 Å². The Morgan fingerprint density at radius 2 is 2.47 bits per heavy atom. The van der Waals surface area contributed by atoms with Crippen molar-refractivity contribution in [1.82, 2.24) is 14.8 Å². The van der Waals surface area contributed by atoms with Crippen molar-refractivity contribution in [1.29, 1.82) is 0 Å². The highest BCUT2D eigenvalue weighted by molar-refractivity contribution is 7.98. The van der Waals surface area contributed by atoms with Crippen LogP contribution < -0.4 is 5.32 Å². The van der Waals surface area contributed by atoms with E-state index in [2.05, 4.69) is 15.4 Å². The Morgan fingerprint density at radius 1 is 1.63 bits per heavy atom. The number of allylic oxidation sites excluding steroid dienone is 1. The van der Waals surface area contributed by atoms with Crippen LogP contribution in [0.25, 0.3) is 0 Å². The predicted molar refractivity (Wildman–Crippen MR) is 73.6 cm³/mol. The van der Waals surface area contributed by atoms with Gasteiger partial charge >= 0.3 is 5.97 Å². The van der Waals surface area contributed by atoms with Gasteiger partial charge in [-0.25, -0.2) is 9.48 Å². The number of nitrogens with zero attached hydrogens (tertiary/aromatic N) is 3. The first-order chi connectivity index (χ1) is 9.19. The van der Waals surface area contributed by atoms with Crippen molar-refractivity contribution < 1.29 is 9.90 Å². The molecule has 0 radical (unpaired) electrons. The summed E-state index contributed by atoms with van der Waals surface area (Å²) in [5, 5.41) is 18.9. The molecule has 2 N–H and O–H groups in total. The van der Waals surface area contributed by atoms with Gasteiger partial charge in [-0.3, -0.25) is 0 Å². The van der Waals surface area contributed by atoms with Crippen molar-refractivity contribution >= 4 is 35.0 Å². The second kappa shape index (κ2) is 4.71. The number of thiophene rings is 1. The van der Waals surface area contributed by atoms with Crippen LogP contribution in [0, 0.1) is 0 Å². The maximum absolute atomic E-state index is 11.2. The third-order valence-corrected chi connectivity index (χ3v) is 4.18. The van der Waals surface area contributed by atoms with E-state index in [1.807, 2.05) is 23.8 Å². The van der Waals surface area contributed by atoms with Gasteiger partial charge in [0, 0.05) is 4.88 Å². The average molecular weight is 294 g/mol. The van der Waals surface area contributed by atoms with Crippen LogP contribution in [0.4, 0.5) is 5.95 Å². The van der Waals surface area contributed by atoms with Crippen molar-refractivity contribution in [2.24, 2.45) is 0 Å². The van der Waals surface area contributed by atoms with E-state index in [9.17, 15) is 4.79 Å². The van der Waals surface area contributed by atoms with E-state index in [1.165, 1.54) is 11.8 Å². The van der Waals surface area contributed by atoms with Gasteiger partial charge < -0.3 is 10.4 Å². The van der Waals surface area contributed by atoms with E-state index in [0.717, 1.165) is 4.88 Å². The smallest absolute Gasteiger partial charge is 0.352 e. The number of anilines is 1. The van der Waals surface area contributed by atoms with Crippen molar-refractivity contribution in [3.8, 4) is 0 Å². The first-order valence-electron chi connectivity index (χ1n) is 5.45. The lowest BCUT2D eigenvalue weighted by atomic mass is 10.2. The molecular formula is C11H10N4O2S2. The van der Waals surface area contributed by atoms with Crippen LogP contribution in [0.2, 0.25) is 0 Å². The Hall–Kier alpha value is -1.80. The third-order valence-electron chi connectivity index (χ3n) is 2.69. The number of carbonyl (C=O) groups is 1. The fourth-order valence-electron chi connectivity index (χ4n) is 1.85. The third kappa shape index (κ3) is 2.13. The van der Waals surface area contributed by atoms with Crippen LogP contribution in [0.3, 0.4) is 0 Å². The van der Waals surface area contributed by atoms with Gasteiger partial charge in [-0.2, -0.15) is 4.98 Å². The quantitative estimate of drug-likeness (QED) is 0.843. The van der Waals surface area contributed by atoms with Crippen molar-refractivity contribution in [2.75, 3.05) is 11.6 Å². The van der Waals surface area contributed by atoms with E-state index >= 15 is 0 Å². The summed E-state index contributed by atoms with van der Waals surface area (Å²) in [5.41, 5.74) is 0.131. The molecule has 0 aromatic carbocycles. The van der Waals surface area contributed by atoms with Gasteiger partial charge in [-0.05, 0) is 23.8 Å². The number of aromatic nitrogens is 3. The monoisotopic (exact) mass is 294 g/mol. The average Bonchev–Trinajstić information content (AvgIpc) is 3.05. The predicted octanol–water partition coefficient (Wildman–Crippen LogP) is 2.04. The number of thioether (sulfide) groups is 1. The molecule has 1 unspecified atom stereocenters. The molecule has 0 amide bonds.